The maximum atomic E-state index is 12.8. The Morgan fingerprint density at radius 1 is 1.21 bits per heavy atom. The van der Waals surface area contributed by atoms with Gasteiger partial charge >= 0.3 is 6.18 Å². The van der Waals surface area contributed by atoms with Crippen LogP contribution in [-0.4, -0.2) is 51.8 Å². The average molecular weight is 394 g/mol. The molecule has 150 valence electrons. The molecule has 1 aromatic carbocycles. The average Bonchev–Trinajstić information content (AvgIpc) is 3.25. The van der Waals surface area contributed by atoms with Gasteiger partial charge in [-0.2, -0.15) is 18.3 Å². The first-order chi connectivity index (χ1) is 13.2. The van der Waals surface area contributed by atoms with Crippen LogP contribution in [0.1, 0.15) is 34.6 Å². The molecule has 1 saturated heterocycles. The monoisotopic (exact) mass is 394 g/mol. The first-order valence-corrected chi connectivity index (χ1v) is 8.95. The van der Waals surface area contributed by atoms with E-state index in [1.165, 1.54) is 4.90 Å². The second-order valence-corrected chi connectivity index (χ2v) is 6.88. The van der Waals surface area contributed by atoms with Crippen LogP contribution in [-0.2, 0) is 4.79 Å². The van der Waals surface area contributed by atoms with E-state index in [-0.39, 0.29) is 5.91 Å². The highest BCUT2D eigenvalue weighted by Crippen LogP contribution is 2.22. The maximum Gasteiger partial charge on any atom is 0.405 e. The standard InChI is InChI=1S/C19H21F3N4O2/c1-12-10-13(2)26(24-12)15-7-5-14(6-8-15)18(28)25-9-3-4-16(25)17(27)23-11-19(20,21)22/h5-8,10,16H,3-4,9,11H2,1-2H3,(H,23,27). The number of benzene rings is 1. The summed E-state index contributed by atoms with van der Waals surface area (Å²) in [5.41, 5.74) is 3.00. The summed E-state index contributed by atoms with van der Waals surface area (Å²) >= 11 is 0. The highest BCUT2D eigenvalue weighted by atomic mass is 19.4. The van der Waals surface area contributed by atoms with Crippen molar-refractivity contribution in [3.8, 4) is 5.69 Å². The third-order valence-corrected chi connectivity index (χ3v) is 4.65. The Labute approximate surface area is 160 Å². The normalized spacial score (nSPS) is 17.0. The fourth-order valence-electron chi connectivity index (χ4n) is 3.39. The van der Waals surface area contributed by atoms with Crippen molar-refractivity contribution in [1.82, 2.24) is 20.0 Å². The molecule has 1 atom stereocenters. The fraction of sp³-hybridized carbons (Fsp3) is 0.421. The number of alkyl halides is 3. The number of halogens is 3. The van der Waals surface area contributed by atoms with Crippen molar-refractivity contribution in [1.29, 1.82) is 0 Å². The van der Waals surface area contributed by atoms with Crippen LogP contribution in [0.3, 0.4) is 0 Å². The molecule has 1 aliphatic rings. The van der Waals surface area contributed by atoms with Crippen LogP contribution in [0.5, 0.6) is 0 Å². The Balaban J connectivity index is 1.72. The molecule has 1 N–H and O–H groups in total. The van der Waals surface area contributed by atoms with E-state index in [9.17, 15) is 22.8 Å². The summed E-state index contributed by atoms with van der Waals surface area (Å²) in [4.78, 5) is 26.2. The van der Waals surface area contributed by atoms with Gasteiger partial charge in [-0.25, -0.2) is 4.68 Å². The van der Waals surface area contributed by atoms with Crippen molar-refractivity contribution >= 4 is 11.8 Å². The van der Waals surface area contributed by atoms with E-state index >= 15 is 0 Å². The van der Waals surface area contributed by atoms with Gasteiger partial charge in [0.05, 0.1) is 11.4 Å². The first kappa shape index (κ1) is 19.9. The zero-order valence-corrected chi connectivity index (χ0v) is 15.6. The van der Waals surface area contributed by atoms with Gasteiger partial charge in [0.15, 0.2) is 0 Å². The van der Waals surface area contributed by atoms with E-state index in [0.717, 1.165) is 17.1 Å². The Morgan fingerprint density at radius 2 is 1.89 bits per heavy atom. The number of nitrogens with zero attached hydrogens (tertiary/aromatic N) is 3. The van der Waals surface area contributed by atoms with Crippen LogP contribution < -0.4 is 5.32 Å². The van der Waals surface area contributed by atoms with Gasteiger partial charge in [0.25, 0.3) is 5.91 Å². The number of nitrogens with one attached hydrogen (secondary N) is 1. The summed E-state index contributed by atoms with van der Waals surface area (Å²) in [6.45, 7) is 2.75. The second kappa shape index (κ2) is 7.65. The predicted octanol–water partition coefficient (Wildman–Crippen LogP) is 2.77. The summed E-state index contributed by atoms with van der Waals surface area (Å²) in [5.74, 6) is -1.15. The van der Waals surface area contributed by atoms with Gasteiger partial charge in [-0.05, 0) is 57.0 Å². The minimum Gasteiger partial charge on any atom is -0.345 e. The van der Waals surface area contributed by atoms with Crippen LogP contribution in [0.15, 0.2) is 30.3 Å². The van der Waals surface area contributed by atoms with E-state index in [4.69, 9.17) is 0 Å². The van der Waals surface area contributed by atoms with Crippen LogP contribution in [0, 0.1) is 13.8 Å². The lowest BCUT2D eigenvalue weighted by Crippen LogP contribution is -2.48. The van der Waals surface area contributed by atoms with Crippen LogP contribution >= 0.6 is 0 Å². The Morgan fingerprint density at radius 3 is 2.46 bits per heavy atom. The van der Waals surface area contributed by atoms with Gasteiger partial charge in [-0.3, -0.25) is 9.59 Å². The maximum absolute atomic E-state index is 12.8. The molecule has 6 nitrogen and oxygen atoms in total. The van der Waals surface area contributed by atoms with E-state index in [1.807, 2.05) is 25.2 Å². The van der Waals surface area contributed by atoms with Crippen molar-refractivity contribution in [3.05, 3.63) is 47.3 Å². The highest BCUT2D eigenvalue weighted by Gasteiger charge is 2.36. The summed E-state index contributed by atoms with van der Waals surface area (Å²) in [6.07, 6.45) is -3.57. The zero-order chi connectivity index (χ0) is 20.5. The molecular formula is C19H21F3N4O2. The van der Waals surface area contributed by atoms with Gasteiger partial charge in [-0.1, -0.05) is 0 Å². The molecule has 28 heavy (non-hydrogen) atoms. The molecule has 1 aliphatic heterocycles. The van der Waals surface area contributed by atoms with Crippen molar-refractivity contribution in [2.24, 2.45) is 0 Å². The number of hydrogen-bond acceptors (Lipinski definition) is 3. The molecule has 0 spiro atoms. The van der Waals surface area contributed by atoms with Crippen LogP contribution in [0.2, 0.25) is 0 Å². The van der Waals surface area contributed by atoms with Crippen LogP contribution in [0.25, 0.3) is 5.69 Å². The number of amides is 2. The molecular weight excluding hydrogens is 373 g/mol. The Hall–Kier alpha value is -2.84. The number of carbonyl (C=O) groups is 2. The molecule has 3 rings (SSSR count). The summed E-state index contributed by atoms with van der Waals surface area (Å²) in [7, 11) is 0. The van der Waals surface area contributed by atoms with E-state index in [2.05, 4.69) is 5.10 Å². The predicted molar refractivity (Wildman–Crippen MR) is 96.2 cm³/mol. The Kier molecular flexibility index (Phi) is 5.44. The minimum absolute atomic E-state index is 0.335. The molecule has 1 aromatic heterocycles. The third-order valence-electron chi connectivity index (χ3n) is 4.65. The van der Waals surface area contributed by atoms with Crippen molar-refractivity contribution in [3.63, 3.8) is 0 Å². The quantitative estimate of drug-likeness (QED) is 0.867. The lowest BCUT2D eigenvalue weighted by molar-refractivity contribution is -0.140. The zero-order valence-electron chi connectivity index (χ0n) is 15.6. The van der Waals surface area contributed by atoms with Crippen molar-refractivity contribution in [2.75, 3.05) is 13.1 Å². The fourth-order valence-corrected chi connectivity index (χ4v) is 3.39. The number of hydrogen-bond donors (Lipinski definition) is 1. The summed E-state index contributed by atoms with van der Waals surface area (Å²) in [6, 6.07) is 7.83. The molecule has 1 unspecified atom stereocenters. The summed E-state index contributed by atoms with van der Waals surface area (Å²) < 4.78 is 38.7. The van der Waals surface area contributed by atoms with Gasteiger partial charge in [0.2, 0.25) is 5.91 Å². The minimum atomic E-state index is -4.48. The molecule has 2 aromatic rings. The summed E-state index contributed by atoms with van der Waals surface area (Å²) in [5, 5.41) is 6.26. The molecule has 9 heteroatoms. The second-order valence-electron chi connectivity index (χ2n) is 6.88. The number of carbonyl (C=O) groups excluding carboxylic acids is 2. The molecule has 2 amide bonds. The molecule has 1 fully saturated rings. The van der Waals surface area contributed by atoms with E-state index in [1.54, 1.807) is 28.9 Å². The van der Waals surface area contributed by atoms with Crippen molar-refractivity contribution < 1.29 is 22.8 Å². The number of rotatable bonds is 4. The van der Waals surface area contributed by atoms with Crippen LogP contribution in [0.4, 0.5) is 13.2 Å². The first-order valence-electron chi connectivity index (χ1n) is 8.95. The van der Waals surface area contributed by atoms with Gasteiger partial charge in [0.1, 0.15) is 12.6 Å². The molecule has 2 heterocycles. The van der Waals surface area contributed by atoms with E-state index in [0.29, 0.717) is 24.9 Å². The molecule has 0 radical (unpaired) electrons. The smallest absolute Gasteiger partial charge is 0.345 e. The number of aryl methyl sites for hydroxylation is 2. The van der Waals surface area contributed by atoms with Gasteiger partial charge in [-0.15, -0.1) is 0 Å². The van der Waals surface area contributed by atoms with Crippen molar-refractivity contribution in [2.45, 2.75) is 38.9 Å². The Bertz CT molecular complexity index is 874. The topological polar surface area (TPSA) is 67.2 Å². The number of likely N-dealkylation sites (tertiary alicyclic amines) is 1. The largest absolute Gasteiger partial charge is 0.405 e. The molecule has 0 saturated carbocycles. The van der Waals surface area contributed by atoms with Gasteiger partial charge < -0.3 is 10.2 Å². The highest BCUT2D eigenvalue weighted by molar-refractivity contribution is 5.98. The third kappa shape index (κ3) is 4.35. The van der Waals surface area contributed by atoms with E-state index < -0.39 is 24.7 Å². The molecule has 0 aliphatic carbocycles. The molecule has 0 bridgehead atoms. The lowest BCUT2D eigenvalue weighted by Gasteiger charge is -2.24. The SMILES string of the molecule is Cc1cc(C)n(-c2ccc(C(=O)N3CCCC3C(=O)NCC(F)(F)F)cc2)n1. The number of aromatic nitrogens is 2. The lowest BCUT2D eigenvalue weighted by atomic mass is 10.1. The van der Waals surface area contributed by atoms with Gasteiger partial charge in [0, 0.05) is 17.8 Å².